The zero-order valence-corrected chi connectivity index (χ0v) is 15.3. The molecule has 3 aromatic rings. The Kier molecular flexibility index (Phi) is 4.49. The molecule has 1 aliphatic rings. The summed E-state index contributed by atoms with van der Waals surface area (Å²) in [5, 5.41) is 0. The van der Waals surface area contributed by atoms with Crippen molar-refractivity contribution in [1.82, 2.24) is 9.88 Å². The summed E-state index contributed by atoms with van der Waals surface area (Å²) in [4.78, 5) is 19.5. The molecule has 0 aliphatic carbocycles. The molecule has 0 unspecified atom stereocenters. The molecule has 0 bridgehead atoms. The molecule has 0 N–H and O–H groups in total. The Labute approximate surface area is 153 Å². The van der Waals surface area contributed by atoms with E-state index in [1.54, 1.807) is 0 Å². The molecule has 1 aromatic heterocycles. The third kappa shape index (κ3) is 3.24. The summed E-state index contributed by atoms with van der Waals surface area (Å²) in [5.74, 6) is 1.45. The van der Waals surface area contributed by atoms with Crippen LogP contribution in [0.5, 0.6) is 0 Å². The first-order valence-corrected chi connectivity index (χ1v) is 9.36. The highest BCUT2D eigenvalue weighted by molar-refractivity contribution is 5.97. The summed E-state index contributed by atoms with van der Waals surface area (Å²) >= 11 is 0. The lowest BCUT2D eigenvalue weighted by Gasteiger charge is -2.33. The largest absolute Gasteiger partial charge is 0.440 e. The van der Waals surface area contributed by atoms with E-state index in [0.717, 1.165) is 37.0 Å². The summed E-state index contributed by atoms with van der Waals surface area (Å²) in [6.45, 7) is 5.69. The number of aromatic nitrogens is 1. The van der Waals surface area contributed by atoms with Crippen LogP contribution >= 0.6 is 0 Å². The number of carbonyl (C=O) groups is 1. The molecule has 134 valence electrons. The number of carbonyl (C=O) groups excluding carboxylic acids is 1. The van der Waals surface area contributed by atoms with E-state index in [4.69, 9.17) is 4.42 Å². The molecule has 1 fully saturated rings. The average Bonchev–Trinajstić information content (AvgIpc) is 3.12. The van der Waals surface area contributed by atoms with Crippen LogP contribution in [0.25, 0.3) is 11.1 Å². The van der Waals surface area contributed by atoms with Crippen LogP contribution < -0.4 is 0 Å². The second-order valence-electron chi connectivity index (χ2n) is 7.39. The highest BCUT2D eigenvalue weighted by Crippen LogP contribution is 2.28. The average molecular weight is 348 g/mol. The predicted molar refractivity (Wildman–Crippen MR) is 102 cm³/mol. The van der Waals surface area contributed by atoms with Gasteiger partial charge in [0.25, 0.3) is 5.91 Å². The van der Waals surface area contributed by atoms with Gasteiger partial charge in [0.05, 0.1) is 0 Å². The van der Waals surface area contributed by atoms with Crippen molar-refractivity contribution in [2.24, 2.45) is 0 Å². The monoisotopic (exact) mass is 348 g/mol. The molecule has 2 heterocycles. The Hall–Kier alpha value is -2.62. The van der Waals surface area contributed by atoms with Crippen molar-refractivity contribution in [2.45, 2.75) is 38.5 Å². The predicted octanol–water partition coefficient (Wildman–Crippen LogP) is 4.97. The highest BCUT2D eigenvalue weighted by Gasteiger charge is 2.25. The van der Waals surface area contributed by atoms with Crippen LogP contribution in [-0.2, 0) is 0 Å². The van der Waals surface area contributed by atoms with Crippen LogP contribution in [0.15, 0.2) is 52.9 Å². The van der Waals surface area contributed by atoms with E-state index in [1.807, 2.05) is 43.0 Å². The number of amides is 1. The SMILES string of the molecule is CC(C)c1nc2cc(C(=O)N3CCC[C@@H](c4ccccc4)C3)ccc2o1. The van der Waals surface area contributed by atoms with Gasteiger partial charge in [-0.1, -0.05) is 44.2 Å². The van der Waals surface area contributed by atoms with Crippen LogP contribution in [0, 0.1) is 0 Å². The molecule has 4 heteroatoms. The van der Waals surface area contributed by atoms with Crippen molar-refractivity contribution in [3.8, 4) is 0 Å². The third-order valence-electron chi connectivity index (χ3n) is 5.12. The van der Waals surface area contributed by atoms with Gasteiger partial charge in [-0.3, -0.25) is 4.79 Å². The number of oxazole rings is 1. The number of benzene rings is 2. The quantitative estimate of drug-likeness (QED) is 0.671. The number of likely N-dealkylation sites (tertiary alicyclic amines) is 1. The molecule has 2 aromatic carbocycles. The summed E-state index contributed by atoms with van der Waals surface area (Å²) in [7, 11) is 0. The van der Waals surface area contributed by atoms with Crippen LogP contribution in [0.2, 0.25) is 0 Å². The van der Waals surface area contributed by atoms with E-state index in [-0.39, 0.29) is 11.8 Å². The van der Waals surface area contributed by atoms with E-state index in [1.165, 1.54) is 5.56 Å². The molecule has 1 amide bonds. The molecule has 0 saturated carbocycles. The minimum Gasteiger partial charge on any atom is -0.440 e. The van der Waals surface area contributed by atoms with Crippen molar-refractivity contribution >= 4 is 17.0 Å². The fourth-order valence-electron chi connectivity index (χ4n) is 3.67. The first kappa shape index (κ1) is 16.8. The van der Waals surface area contributed by atoms with Crippen LogP contribution in [0.1, 0.15) is 60.3 Å². The number of hydrogen-bond acceptors (Lipinski definition) is 3. The Bertz CT molecular complexity index is 914. The van der Waals surface area contributed by atoms with Crippen LogP contribution in [0.3, 0.4) is 0 Å². The molecular weight excluding hydrogens is 324 g/mol. The van der Waals surface area contributed by atoms with Crippen molar-refractivity contribution in [3.63, 3.8) is 0 Å². The lowest BCUT2D eigenvalue weighted by Crippen LogP contribution is -2.39. The van der Waals surface area contributed by atoms with Gasteiger partial charge in [-0.2, -0.15) is 0 Å². The van der Waals surface area contributed by atoms with Crippen molar-refractivity contribution in [1.29, 1.82) is 0 Å². The normalized spacial score (nSPS) is 17.8. The lowest BCUT2D eigenvalue weighted by atomic mass is 9.90. The smallest absolute Gasteiger partial charge is 0.253 e. The molecule has 4 rings (SSSR count). The van der Waals surface area contributed by atoms with Gasteiger partial charge < -0.3 is 9.32 Å². The van der Waals surface area contributed by atoms with Gasteiger partial charge in [-0.15, -0.1) is 0 Å². The van der Waals surface area contributed by atoms with Gasteiger partial charge in [-0.05, 0) is 36.6 Å². The Morgan fingerprint density at radius 3 is 2.77 bits per heavy atom. The van der Waals surface area contributed by atoms with Crippen LogP contribution in [-0.4, -0.2) is 28.9 Å². The maximum atomic E-state index is 13.0. The zero-order valence-electron chi connectivity index (χ0n) is 15.3. The molecule has 0 radical (unpaired) electrons. The van der Waals surface area contributed by atoms with Crippen molar-refractivity contribution in [3.05, 3.63) is 65.5 Å². The van der Waals surface area contributed by atoms with Gasteiger partial charge in [0.2, 0.25) is 0 Å². The molecule has 1 aliphatic heterocycles. The van der Waals surface area contributed by atoms with Gasteiger partial charge in [0.1, 0.15) is 5.52 Å². The number of hydrogen-bond donors (Lipinski definition) is 0. The second-order valence-corrected chi connectivity index (χ2v) is 7.39. The first-order chi connectivity index (χ1) is 12.6. The molecule has 4 nitrogen and oxygen atoms in total. The van der Waals surface area contributed by atoms with E-state index < -0.39 is 0 Å². The summed E-state index contributed by atoms with van der Waals surface area (Å²) in [6, 6.07) is 16.1. The summed E-state index contributed by atoms with van der Waals surface area (Å²) in [5.41, 5.74) is 3.51. The standard InChI is InChI=1S/C22H24N2O2/c1-15(2)21-23-19-13-17(10-11-20(19)26-21)22(25)24-12-6-9-18(14-24)16-7-4-3-5-8-16/h3-5,7-8,10-11,13,15,18H,6,9,12,14H2,1-2H3/t18-/m1/s1. The summed E-state index contributed by atoms with van der Waals surface area (Å²) < 4.78 is 5.75. The second kappa shape index (κ2) is 6.94. The summed E-state index contributed by atoms with van der Waals surface area (Å²) in [6.07, 6.45) is 2.17. The number of nitrogens with zero attached hydrogens (tertiary/aromatic N) is 2. The number of rotatable bonds is 3. The molecule has 26 heavy (non-hydrogen) atoms. The number of piperidine rings is 1. The third-order valence-corrected chi connectivity index (χ3v) is 5.12. The maximum Gasteiger partial charge on any atom is 0.253 e. The topological polar surface area (TPSA) is 46.3 Å². The maximum absolute atomic E-state index is 13.0. The van der Waals surface area contributed by atoms with Crippen molar-refractivity contribution < 1.29 is 9.21 Å². The minimum absolute atomic E-state index is 0.0848. The van der Waals surface area contributed by atoms with E-state index in [9.17, 15) is 4.79 Å². The first-order valence-electron chi connectivity index (χ1n) is 9.36. The Morgan fingerprint density at radius 1 is 1.19 bits per heavy atom. The van der Waals surface area contributed by atoms with Crippen molar-refractivity contribution in [2.75, 3.05) is 13.1 Å². The van der Waals surface area contributed by atoms with Crippen LogP contribution in [0.4, 0.5) is 0 Å². The minimum atomic E-state index is 0.0848. The molecule has 0 spiro atoms. The fourth-order valence-corrected chi connectivity index (χ4v) is 3.67. The fraction of sp³-hybridized carbons (Fsp3) is 0.364. The Morgan fingerprint density at radius 2 is 2.00 bits per heavy atom. The Balaban J connectivity index is 1.55. The zero-order chi connectivity index (χ0) is 18.1. The van der Waals surface area contributed by atoms with E-state index >= 15 is 0 Å². The molecule has 1 saturated heterocycles. The lowest BCUT2D eigenvalue weighted by molar-refractivity contribution is 0.0707. The van der Waals surface area contributed by atoms with Gasteiger partial charge in [0.15, 0.2) is 11.5 Å². The highest BCUT2D eigenvalue weighted by atomic mass is 16.3. The van der Waals surface area contributed by atoms with Gasteiger partial charge in [0, 0.05) is 30.5 Å². The van der Waals surface area contributed by atoms with Gasteiger partial charge >= 0.3 is 0 Å². The molecular formula is C22H24N2O2. The van der Waals surface area contributed by atoms with E-state index in [0.29, 0.717) is 17.4 Å². The van der Waals surface area contributed by atoms with Gasteiger partial charge in [-0.25, -0.2) is 4.98 Å². The molecule has 1 atom stereocenters. The van der Waals surface area contributed by atoms with E-state index in [2.05, 4.69) is 29.2 Å². The number of fused-ring (bicyclic) bond motifs is 1.